The van der Waals surface area contributed by atoms with Gasteiger partial charge in [-0.2, -0.15) is 9.65 Å². The lowest BCUT2D eigenvalue weighted by atomic mass is 9.96. The number of anilines is 2. The Morgan fingerprint density at radius 3 is 2.47 bits per heavy atom. The molecule has 4 rings (SSSR count). The SMILES string of the molecule is CC(C)(C)CNc1c(C#N)cnc2c(Cl)cc(N(N)C(c3ccc(F)nc3)c3cn(C(C)(C)C)nn3)cc12. The van der Waals surface area contributed by atoms with E-state index in [1.165, 1.54) is 23.5 Å². The molecule has 0 bridgehead atoms. The van der Waals surface area contributed by atoms with Crippen LogP contribution in [0.25, 0.3) is 10.9 Å². The van der Waals surface area contributed by atoms with Crippen LogP contribution in [0.3, 0.4) is 0 Å². The van der Waals surface area contributed by atoms with Gasteiger partial charge in [0.1, 0.15) is 17.8 Å². The monoisotopic (exact) mass is 535 g/mol. The fourth-order valence-corrected chi connectivity index (χ4v) is 4.19. The number of nitrogens with one attached hydrogen (secondary N) is 1. The van der Waals surface area contributed by atoms with E-state index in [0.29, 0.717) is 50.7 Å². The van der Waals surface area contributed by atoms with Gasteiger partial charge in [-0.25, -0.2) is 15.5 Å². The molecule has 4 aromatic rings. The molecular weight excluding hydrogens is 505 g/mol. The topological polar surface area (TPSA) is 122 Å². The summed E-state index contributed by atoms with van der Waals surface area (Å²) in [5.74, 6) is 6.15. The van der Waals surface area contributed by atoms with Crippen LogP contribution < -0.4 is 16.2 Å². The van der Waals surface area contributed by atoms with Gasteiger partial charge in [0.2, 0.25) is 5.95 Å². The number of nitrogens with two attached hydrogens (primary N) is 1. The summed E-state index contributed by atoms with van der Waals surface area (Å²) in [6.07, 6.45) is 4.74. The van der Waals surface area contributed by atoms with Crippen molar-refractivity contribution in [3.05, 3.63) is 70.6 Å². The molecule has 0 saturated carbocycles. The Morgan fingerprint density at radius 2 is 1.89 bits per heavy atom. The highest BCUT2D eigenvalue weighted by molar-refractivity contribution is 6.35. The zero-order valence-electron chi connectivity index (χ0n) is 22.3. The lowest BCUT2D eigenvalue weighted by molar-refractivity contribution is 0.346. The minimum atomic E-state index is -0.661. The zero-order chi connectivity index (χ0) is 27.8. The number of hydrogen-bond donors (Lipinski definition) is 2. The van der Waals surface area contributed by atoms with Gasteiger partial charge < -0.3 is 5.32 Å². The van der Waals surface area contributed by atoms with Crippen molar-refractivity contribution in [2.45, 2.75) is 53.1 Å². The van der Waals surface area contributed by atoms with Crippen molar-refractivity contribution < 1.29 is 4.39 Å². The van der Waals surface area contributed by atoms with Crippen LogP contribution in [0.15, 0.2) is 42.9 Å². The van der Waals surface area contributed by atoms with E-state index in [1.54, 1.807) is 16.8 Å². The number of nitrogens with zero attached hydrogens (tertiary/aromatic N) is 7. The number of rotatable bonds is 6. The molecule has 1 atom stereocenters. The number of pyridine rings is 2. The highest BCUT2D eigenvalue weighted by Crippen LogP contribution is 2.37. The number of hydrazine groups is 1. The standard InChI is InChI=1S/C27H31ClFN9/c1-26(2,3)15-34-23-17(11-30)13-33-24-19(23)9-18(10-20(24)28)38(31)25(16-7-8-22(29)32-12-16)21-14-37(36-35-21)27(4,5)6/h7-10,12-14,25H,15,31H2,1-6H3,(H,33,34). The molecule has 0 radical (unpaired) electrons. The van der Waals surface area contributed by atoms with Gasteiger partial charge in [-0.1, -0.05) is 43.7 Å². The first kappa shape index (κ1) is 27.2. The second-order valence-corrected chi connectivity index (χ2v) is 11.8. The summed E-state index contributed by atoms with van der Waals surface area (Å²) in [6.45, 7) is 12.9. The van der Waals surface area contributed by atoms with E-state index < -0.39 is 12.0 Å². The zero-order valence-corrected chi connectivity index (χ0v) is 23.0. The molecule has 38 heavy (non-hydrogen) atoms. The Balaban J connectivity index is 1.87. The highest BCUT2D eigenvalue weighted by Gasteiger charge is 2.28. The summed E-state index contributed by atoms with van der Waals surface area (Å²) in [5.41, 5.74) is 2.91. The summed E-state index contributed by atoms with van der Waals surface area (Å²) >= 11 is 6.70. The fourth-order valence-electron chi connectivity index (χ4n) is 3.92. The van der Waals surface area contributed by atoms with Crippen molar-refractivity contribution in [1.82, 2.24) is 25.0 Å². The molecule has 0 amide bonds. The van der Waals surface area contributed by atoms with Crippen LogP contribution in [0.4, 0.5) is 15.8 Å². The quantitative estimate of drug-likeness (QED) is 0.187. The molecule has 3 N–H and O–H groups in total. The van der Waals surface area contributed by atoms with E-state index >= 15 is 0 Å². The molecule has 1 unspecified atom stereocenters. The predicted molar refractivity (Wildman–Crippen MR) is 147 cm³/mol. The molecule has 3 aromatic heterocycles. The molecule has 0 fully saturated rings. The van der Waals surface area contributed by atoms with Crippen LogP contribution >= 0.6 is 11.6 Å². The van der Waals surface area contributed by atoms with Gasteiger partial charge >= 0.3 is 0 Å². The van der Waals surface area contributed by atoms with Crippen LogP contribution in [0.5, 0.6) is 0 Å². The highest BCUT2D eigenvalue weighted by atomic mass is 35.5. The Bertz CT molecular complexity index is 1490. The van der Waals surface area contributed by atoms with Crippen LogP contribution in [-0.4, -0.2) is 31.5 Å². The summed E-state index contributed by atoms with van der Waals surface area (Å²) < 4.78 is 15.4. The number of fused-ring (bicyclic) bond motifs is 1. The molecule has 11 heteroatoms. The minimum Gasteiger partial charge on any atom is -0.383 e. The van der Waals surface area contributed by atoms with Gasteiger partial charge in [0.15, 0.2) is 0 Å². The summed E-state index contributed by atoms with van der Waals surface area (Å²) in [7, 11) is 0. The molecule has 0 aliphatic carbocycles. The second-order valence-electron chi connectivity index (χ2n) is 11.4. The molecular formula is C27H31ClFN9. The third-order valence-corrected chi connectivity index (χ3v) is 6.23. The van der Waals surface area contributed by atoms with Gasteiger partial charge in [0, 0.05) is 29.9 Å². The molecule has 0 aliphatic heterocycles. The first-order chi connectivity index (χ1) is 17.8. The predicted octanol–water partition coefficient (Wildman–Crippen LogP) is 5.57. The molecule has 3 heterocycles. The van der Waals surface area contributed by atoms with Crippen LogP contribution in [-0.2, 0) is 5.54 Å². The fraction of sp³-hybridized carbons (Fsp3) is 0.370. The number of benzene rings is 1. The van der Waals surface area contributed by atoms with E-state index in [1.807, 2.05) is 33.0 Å². The third kappa shape index (κ3) is 5.69. The lowest BCUT2D eigenvalue weighted by Gasteiger charge is -2.29. The maximum atomic E-state index is 13.7. The van der Waals surface area contributed by atoms with Crippen molar-refractivity contribution in [2.75, 3.05) is 16.9 Å². The second kappa shape index (κ2) is 10.2. The average molecular weight is 536 g/mol. The summed E-state index contributed by atoms with van der Waals surface area (Å²) in [4.78, 5) is 8.25. The Labute approximate surface area is 226 Å². The molecule has 0 spiro atoms. The number of halogens is 2. The Kier molecular flexibility index (Phi) is 7.28. The third-order valence-electron chi connectivity index (χ3n) is 5.95. The van der Waals surface area contributed by atoms with Crippen LogP contribution in [0.1, 0.15) is 64.4 Å². The van der Waals surface area contributed by atoms with Crippen molar-refractivity contribution in [3.8, 4) is 6.07 Å². The normalized spacial score (nSPS) is 12.8. The van der Waals surface area contributed by atoms with Crippen molar-refractivity contribution in [1.29, 1.82) is 5.26 Å². The maximum Gasteiger partial charge on any atom is 0.212 e. The molecule has 9 nitrogen and oxygen atoms in total. The van der Waals surface area contributed by atoms with E-state index in [4.69, 9.17) is 17.4 Å². The van der Waals surface area contributed by atoms with Crippen molar-refractivity contribution in [3.63, 3.8) is 0 Å². The van der Waals surface area contributed by atoms with Crippen molar-refractivity contribution in [2.24, 2.45) is 11.3 Å². The number of hydrogen-bond acceptors (Lipinski definition) is 8. The average Bonchev–Trinajstić information content (AvgIpc) is 3.33. The van der Waals surface area contributed by atoms with Gasteiger partial charge in [-0.15, -0.1) is 5.10 Å². The van der Waals surface area contributed by atoms with E-state index in [-0.39, 0.29) is 11.0 Å². The number of aromatic nitrogens is 5. The Hall–Kier alpha value is -3.81. The van der Waals surface area contributed by atoms with E-state index in [2.05, 4.69) is 52.4 Å². The minimum absolute atomic E-state index is 0.0385. The molecule has 0 aliphatic rings. The number of nitriles is 1. The first-order valence-electron chi connectivity index (χ1n) is 12.1. The van der Waals surface area contributed by atoms with Gasteiger partial charge in [0.05, 0.1) is 39.2 Å². The first-order valence-corrected chi connectivity index (χ1v) is 12.5. The lowest BCUT2D eigenvalue weighted by Crippen LogP contribution is -2.36. The van der Waals surface area contributed by atoms with E-state index in [9.17, 15) is 9.65 Å². The van der Waals surface area contributed by atoms with E-state index in [0.717, 1.165) is 0 Å². The summed E-state index contributed by atoms with van der Waals surface area (Å²) in [5, 5.41) is 24.4. The van der Waals surface area contributed by atoms with Gasteiger partial charge in [0.25, 0.3) is 0 Å². The largest absolute Gasteiger partial charge is 0.383 e. The van der Waals surface area contributed by atoms with Crippen molar-refractivity contribution >= 4 is 33.9 Å². The Morgan fingerprint density at radius 1 is 1.16 bits per heavy atom. The van der Waals surface area contributed by atoms with Gasteiger partial charge in [-0.3, -0.25) is 9.99 Å². The molecule has 198 valence electrons. The van der Waals surface area contributed by atoms with Crippen LogP contribution in [0.2, 0.25) is 5.02 Å². The maximum absolute atomic E-state index is 13.7. The van der Waals surface area contributed by atoms with Crippen LogP contribution in [0, 0.1) is 22.7 Å². The molecule has 0 saturated heterocycles. The van der Waals surface area contributed by atoms with Gasteiger partial charge in [-0.05, 0) is 44.4 Å². The molecule has 1 aromatic carbocycles. The smallest absolute Gasteiger partial charge is 0.212 e. The summed E-state index contributed by atoms with van der Waals surface area (Å²) in [6, 6.07) is 7.97.